The molecule has 0 aliphatic heterocycles. The van der Waals surface area contributed by atoms with E-state index >= 15 is 0 Å². The average molecular weight is 176 g/mol. The highest BCUT2D eigenvalue weighted by Gasteiger charge is 1.88. The fourth-order valence-electron chi connectivity index (χ4n) is 0.952. The van der Waals surface area contributed by atoms with Crippen LogP contribution < -0.4 is 0 Å². The molecule has 0 bridgehead atoms. The third-order valence-corrected chi connectivity index (χ3v) is 5.17. The molecular weight excluding hydrogens is 156 g/mol. The minimum absolute atomic E-state index is 0.0550. The Kier molecular flexibility index (Phi) is 9.76. The van der Waals surface area contributed by atoms with Gasteiger partial charge in [-0.3, -0.25) is 0 Å². The highest BCUT2D eigenvalue weighted by molar-refractivity contribution is 6.41. The van der Waals surface area contributed by atoms with Gasteiger partial charge in [0.05, 0.1) is 0 Å². The van der Waals surface area contributed by atoms with Gasteiger partial charge in [-0.25, -0.2) is 0 Å². The summed E-state index contributed by atoms with van der Waals surface area (Å²) in [6.07, 6.45) is 5.62. The molecule has 0 heterocycles. The Morgan fingerprint density at radius 1 is 1.20 bits per heavy atom. The molecule has 0 saturated carbocycles. The molecular formula is C7H20OSi2. The molecule has 0 atom stereocenters. The van der Waals surface area contributed by atoms with E-state index in [4.69, 9.17) is 4.12 Å². The predicted molar refractivity (Wildman–Crippen MR) is 53.0 cm³/mol. The van der Waals surface area contributed by atoms with Gasteiger partial charge in [-0.15, -0.1) is 0 Å². The smallest absolute Gasteiger partial charge is 0.146 e. The van der Waals surface area contributed by atoms with E-state index in [1.807, 2.05) is 0 Å². The normalized spacial score (nSPS) is 12.6. The van der Waals surface area contributed by atoms with Gasteiger partial charge in [0.15, 0.2) is 0 Å². The molecule has 0 N–H and O–H groups in total. The van der Waals surface area contributed by atoms with E-state index in [9.17, 15) is 0 Å². The van der Waals surface area contributed by atoms with Crippen LogP contribution in [0.1, 0.15) is 32.6 Å². The molecule has 0 aromatic carbocycles. The molecule has 1 nitrogen and oxygen atoms in total. The highest BCUT2D eigenvalue weighted by atomic mass is 28.3. The first-order valence-electron chi connectivity index (χ1n) is 4.49. The molecule has 0 aromatic heterocycles. The lowest BCUT2D eigenvalue weighted by Crippen LogP contribution is -1.99. The van der Waals surface area contributed by atoms with Crippen molar-refractivity contribution in [2.45, 2.75) is 45.2 Å². The Morgan fingerprint density at radius 3 is 2.60 bits per heavy atom. The van der Waals surface area contributed by atoms with Gasteiger partial charge < -0.3 is 4.12 Å². The van der Waals surface area contributed by atoms with Gasteiger partial charge in [-0.1, -0.05) is 39.2 Å². The third-order valence-electron chi connectivity index (χ3n) is 1.60. The minimum atomic E-state index is -0.0638. The molecule has 0 aliphatic carbocycles. The Morgan fingerprint density at radius 2 is 2.00 bits per heavy atom. The second kappa shape index (κ2) is 9.39. The highest BCUT2D eigenvalue weighted by Crippen LogP contribution is 2.01. The third kappa shape index (κ3) is 8.39. The van der Waals surface area contributed by atoms with Crippen molar-refractivity contribution in [1.82, 2.24) is 0 Å². The van der Waals surface area contributed by atoms with Crippen LogP contribution in [0.4, 0.5) is 0 Å². The van der Waals surface area contributed by atoms with E-state index in [0.717, 1.165) is 0 Å². The van der Waals surface area contributed by atoms with Crippen molar-refractivity contribution in [1.29, 1.82) is 0 Å². The SMILES string of the molecule is CCCCCC[SiH2]O[SiH2]C. The van der Waals surface area contributed by atoms with Gasteiger partial charge in [0.1, 0.15) is 19.5 Å². The van der Waals surface area contributed by atoms with Crippen LogP contribution in [0.2, 0.25) is 12.6 Å². The molecule has 0 saturated heterocycles. The summed E-state index contributed by atoms with van der Waals surface area (Å²) in [7, 11) is -0.119. The van der Waals surface area contributed by atoms with Crippen molar-refractivity contribution in [2.24, 2.45) is 0 Å². The van der Waals surface area contributed by atoms with Crippen LogP contribution in [0, 0.1) is 0 Å². The number of hydrogen-bond donors (Lipinski definition) is 0. The zero-order chi connectivity index (χ0) is 7.66. The number of unbranched alkanes of at least 4 members (excludes halogenated alkanes) is 3. The van der Waals surface area contributed by atoms with E-state index in [2.05, 4.69) is 13.5 Å². The van der Waals surface area contributed by atoms with E-state index < -0.39 is 0 Å². The lowest BCUT2D eigenvalue weighted by Gasteiger charge is -1.99. The molecule has 0 unspecified atom stereocenters. The second-order valence-corrected chi connectivity index (χ2v) is 5.94. The van der Waals surface area contributed by atoms with Crippen molar-refractivity contribution in [3.05, 3.63) is 0 Å². The standard InChI is InChI=1S/C7H20OSi2/c1-3-4-5-6-7-10-8-9-2/h3-7,9-10H2,1-2H3. The van der Waals surface area contributed by atoms with Gasteiger partial charge in [0, 0.05) is 0 Å². The van der Waals surface area contributed by atoms with E-state index in [-0.39, 0.29) is 19.5 Å². The summed E-state index contributed by atoms with van der Waals surface area (Å²) < 4.78 is 5.49. The maximum atomic E-state index is 5.49. The summed E-state index contributed by atoms with van der Waals surface area (Å²) in [5, 5.41) is 0. The van der Waals surface area contributed by atoms with Gasteiger partial charge in [0.25, 0.3) is 0 Å². The molecule has 0 aliphatic rings. The number of rotatable bonds is 7. The molecule has 0 amide bonds. The summed E-state index contributed by atoms with van der Waals surface area (Å²) in [5.41, 5.74) is 0. The first kappa shape index (κ1) is 10.4. The predicted octanol–water partition coefficient (Wildman–Crippen LogP) is 1.22. The van der Waals surface area contributed by atoms with Crippen LogP contribution in [0.15, 0.2) is 0 Å². The lowest BCUT2D eigenvalue weighted by atomic mass is 10.2. The molecule has 0 spiro atoms. The first-order chi connectivity index (χ1) is 4.91. The zero-order valence-corrected chi connectivity index (χ0v) is 10.2. The summed E-state index contributed by atoms with van der Waals surface area (Å²) in [4.78, 5) is 0. The van der Waals surface area contributed by atoms with Crippen molar-refractivity contribution >= 4 is 19.5 Å². The van der Waals surface area contributed by atoms with Gasteiger partial charge in [-0.05, 0) is 6.04 Å². The molecule has 62 valence electrons. The first-order valence-corrected chi connectivity index (χ1v) is 8.06. The van der Waals surface area contributed by atoms with Crippen LogP contribution in [0.5, 0.6) is 0 Å². The Balaban J connectivity index is 2.65. The van der Waals surface area contributed by atoms with Crippen LogP contribution in [-0.4, -0.2) is 19.5 Å². The summed E-state index contributed by atoms with van der Waals surface area (Å²) in [5.74, 6) is 0. The van der Waals surface area contributed by atoms with Gasteiger partial charge in [-0.2, -0.15) is 0 Å². The van der Waals surface area contributed by atoms with Crippen LogP contribution in [0.3, 0.4) is 0 Å². The summed E-state index contributed by atoms with van der Waals surface area (Å²) >= 11 is 0. The molecule has 0 aromatic rings. The number of hydrogen-bond acceptors (Lipinski definition) is 1. The largest absolute Gasteiger partial charge is 0.465 e. The maximum absolute atomic E-state index is 5.49. The van der Waals surface area contributed by atoms with Crippen LogP contribution in [-0.2, 0) is 4.12 Å². The topological polar surface area (TPSA) is 9.23 Å². The monoisotopic (exact) mass is 176 g/mol. The van der Waals surface area contributed by atoms with Gasteiger partial charge >= 0.3 is 0 Å². The minimum Gasteiger partial charge on any atom is -0.465 e. The van der Waals surface area contributed by atoms with Crippen LogP contribution >= 0.6 is 0 Å². The van der Waals surface area contributed by atoms with Crippen molar-refractivity contribution < 1.29 is 4.12 Å². The quantitative estimate of drug-likeness (QED) is 0.419. The van der Waals surface area contributed by atoms with Gasteiger partial charge in [0.2, 0.25) is 0 Å². The molecule has 0 radical (unpaired) electrons. The summed E-state index contributed by atoms with van der Waals surface area (Å²) in [6, 6.07) is 1.42. The molecule has 10 heavy (non-hydrogen) atoms. The molecule has 0 rings (SSSR count). The Bertz CT molecular complexity index is 51.6. The molecule has 3 heteroatoms. The van der Waals surface area contributed by atoms with Crippen molar-refractivity contribution in [3.8, 4) is 0 Å². The maximum Gasteiger partial charge on any atom is 0.146 e. The second-order valence-electron chi connectivity index (χ2n) is 2.61. The van der Waals surface area contributed by atoms with Crippen molar-refractivity contribution in [3.63, 3.8) is 0 Å². The average Bonchev–Trinajstić information content (AvgIpc) is 1.97. The Hall–Kier alpha value is 0.394. The fraction of sp³-hybridized carbons (Fsp3) is 1.00. The molecule has 0 fully saturated rings. The fourth-order valence-corrected chi connectivity index (χ4v) is 3.48. The van der Waals surface area contributed by atoms with E-state index in [0.29, 0.717) is 0 Å². The van der Waals surface area contributed by atoms with E-state index in [1.165, 1.54) is 31.7 Å². The lowest BCUT2D eigenvalue weighted by molar-refractivity contribution is 0.624. The van der Waals surface area contributed by atoms with Crippen LogP contribution in [0.25, 0.3) is 0 Å². The van der Waals surface area contributed by atoms with E-state index in [1.54, 1.807) is 0 Å². The Labute approximate surface area is 69.4 Å². The summed E-state index contributed by atoms with van der Waals surface area (Å²) in [6.45, 7) is 4.48. The van der Waals surface area contributed by atoms with Crippen molar-refractivity contribution in [2.75, 3.05) is 0 Å². The zero-order valence-electron chi connectivity index (χ0n) is 7.36.